The van der Waals surface area contributed by atoms with E-state index in [0.29, 0.717) is 11.1 Å². The van der Waals surface area contributed by atoms with Crippen molar-refractivity contribution >= 4 is 40.5 Å². The van der Waals surface area contributed by atoms with E-state index in [4.69, 9.17) is 0 Å². The normalized spacial score (nSPS) is 16.2. The van der Waals surface area contributed by atoms with Gasteiger partial charge in [0.1, 0.15) is 0 Å². The zero-order valence-electron chi connectivity index (χ0n) is 14.7. The number of benzene rings is 2. The number of carbonyl (C=O) groups excluding carboxylic acids is 3. The molecule has 1 unspecified atom stereocenters. The van der Waals surface area contributed by atoms with Crippen molar-refractivity contribution in [3.63, 3.8) is 0 Å². The molecule has 0 aliphatic carbocycles. The summed E-state index contributed by atoms with van der Waals surface area (Å²) in [5.74, 6) is -2.14. The first-order valence-corrected chi connectivity index (χ1v) is 9.07. The van der Waals surface area contributed by atoms with Crippen molar-refractivity contribution < 1.29 is 29.0 Å². The van der Waals surface area contributed by atoms with Gasteiger partial charge in [-0.3, -0.25) is 14.5 Å². The molecule has 1 saturated heterocycles. The van der Waals surface area contributed by atoms with Gasteiger partial charge in [-0.2, -0.15) is 0 Å². The van der Waals surface area contributed by atoms with E-state index < -0.39 is 28.5 Å². The number of carboxylic acid groups (broad SMARTS) is 1. The molecule has 28 heavy (non-hydrogen) atoms. The van der Waals surface area contributed by atoms with Gasteiger partial charge >= 0.3 is 11.9 Å². The number of hydrogen-bond donors (Lipinski definition) is 2. The van der Waals surface area contributed by atoms with Crippen LogP contribution < -0.4 is 5.32 Å². The molecule has 8 nitrogen and oxygen atoms in total. The Balaban J connectivity index is 1.76. The Labute approximate surface area is 164 Å². The summed E-state index contributed by atoms with van der Waals surface area (Å²) in [7, 11) is 1.27. The van der Waals surface area contributed by atoms with Crippen molar-refractivity contribution in [1.82, 2.24) is 4.90 Å². The molecular formula is C19H16N2O6S. The van der Waals surface area contributed by atoms with E-state index in [9.17, 15) is 24.3 Å². The maximum absolute atomic E-state index is 12.7. The molecule has 1 aliphatic heterocycles. The first-order valence-electron chi connectivity index (χ1n) is 8.19. The molecule has 0 bridgehead atoms. The van der Waals surface area contributed by atoms with E-state index in [2.05, 4.69) is 10.1 Å². The molecule has 2 aromatic carbocycles. The summed E-state index contributed by atoms with van der Waals surface area (Å²) in [6.45, 7) is -0.00570. The first-order chi connectivity index (χ1) is 13.4. The van der Waals surface area contributed by atoms with Crippen LogP contribution in [0, 0.1) is 0 Å². The number of imide groups is 1. The van der Waals surface area contributed by atoms with Crippen LogP contribution in [0.25, 0.3) is 0 Å². The van der Waals surface area contributed by atoms with Gasteiger partial charge < -0.3 is 15.2 Å². The van der Waals surface area contributed by atoms with Crippen LogP contribution in [0.1, 0.15) is 26.3 Å². The van der Waals surface area contributed by atoms with Gasteiger partial charge in [0.15, 0.2) is 5.37 Å². The highest BCUT2D eigenvalue weighted by molar-refractivity contribution is 8.15. The molecule has 0 spiro atoms. The smallest absolute Gasteiger partial charge is 0.337 e. The summed E-state index contributed by atoms with van der Waals surface area (Å²) < 4.78 is 4.67. The highest BCUT2D eigenvalue weighted by atomic mass is 32.2. The van der Waals surface area contributed by atoms with Crippen molar-refractivity contribution in [3.8, 4) is 0 Å². The number of methoxy groups -OCH3 is 1. The highest BCUT2D eigenvalue weighted by Gasteiger charge is 2.40. The number of esters is 1. The van der Waals surface area contributed by atoms with Gasteiger partial charge in [-0.05, 0) is 41.6 Å². The Hall–Kier alpha value is -3.33. The van der Waals surface area contributed by atoms with Crippen molar-refractivity contribution in [3.05, 3.63) is 65.2 Å². The maximum Gasteiger partial charge on any atom is 0.337 e. The third kappa shape index (κ3) is 3.99. The van der Waals surface area contributed by atoms with Gasteiger partial charge in [-0.25, -0.2) is 9.59 Å². The summed E-state index contributed by atoms with van der Waals surface area (Å²) >= 11 is 0.773. The highest BCUT2D eigenvalue weighted by Crippen LogP contribution is 2.30. The second kappa shape index (κ2) is 8.13. The molecule has 1 aliphatic rings. The fraction of sp³-hybridized carbons (Fsp3) is 0.158. The lowest BCUT2D eigenvalue weighted by molar-refractivity contribution is -0.126. The van der Waals surface area contributed by atoms with Crippen LogP contribution in [0.4, 0.5) is 10.5 Å². The number of carbonyl (C=O) groups is 4. The van der Waals surface area contributed by atoms with E-state index in [0.717, 1.165) is 16.7 Å². The van der Waals surface area contributed by atoms with Crippen LogP contribution in [0.3, 0.4) is 0 Å². The minimum atomic E-state index is -1.14. The predicted molar refractivity (Wildman–Crippen MR) is 102 cm³/mol. The number of para-hydroxylation sites is 1. The average molecular weight is 400 g/mol. The summed E-state index contributed by atoms with van der Waals surface area (Å²) in [6.07, 6.45) is 0. The summed E-state index contributed by atoms with van der Waals surface area (Å²) in [5, 5.41) is 10.7. The number of ether oxygens (including phenoxy) is 1. The fourth-order valence-electron chi connectivity index (χ4n) is 2.71. The van der Waals surface area contributed by atoms with Crippen LogP contribution in [0.2, 0.25) is 0 Å². The third-order valence-electron chi connectivity index (χ3n) is 4.06. The standard InChI is InChI=1S/C19H16N2O6S/c1-27-18(25)12-6-4-5-11(9-12)10-21-16(22)15(28-19(21)26)20-14-8-3-2-7-13(14)17(23)24/h2-9,15,20H,10H2,1H3,(H,23,24). The second-order valence-electron chi connectivity index (χ2n) is 5.88. The topological polar surface area (TPSA) is 113 Å². The summed E-state index contributed by atoms with van der Waals surface area (Å²) in [6, 6.07) is 12.6. The molecule has 0 saturated carbocycles. The largest absolute Gasteiger partial charge is 0.478 e. The number of hydrogen-bond acceptors (Lipinski definition) is 7. The Morgan fingerprint density at radius 1 is 1.18 bits per heavy atom. The second-order valence-corrected chi connectivity index (χ2v) is 6.93. The minimum absolute atomic E-state index is 0.00570. The molecule has 1 atom stereocenters. The quantitative estimate of drug-likeness (QED) is 0.712. The van der Waals surface area contributed by atoms with Gasteiger partial charge in [0, 0.05) is 5.69 Å². The third-order valence-corrected chi connectivity index (χ3v) is 5.04. The van der Waals surface area contributed by atoms with Gasteiger partial charge in [-0.15, -0.1) is 0 Å². The van der Waals surface area contributed by atoms with Crippen LogP contribution in [0.5, 0.6) is 0 Å². The molecule has 0 aromatic heterocycles. The number of rotatable bonds is 6. The summed E-state index contributed by atoms with van der Waals surface area (Å²) in [4.78, 5) is 49.0. The molecular weight excluding hydrogens is 384 g/mol. The number of anilines is 1. The van der Waals surface area contributed by atoms with E-state index in [1.807, 2.05) is 0 Å². The van der Waals surface area contributed by atoms with Crippen LogP contribution in [-0.4, -0.2) is 45.6 Å². The molecule has 144 valence electrons. The van der Waals surface area contributed by atoms with Crippen LogP contribution in [-0.2, 0) is 16.1 Å². The lowest BCUT2D eigenvalue weighted by atomic mass is 10.1. The monoisotopic (exact) mass is 400 g/mol. The Kier molecular flexibility index (Phi) is 5.65. The predicted octanol–water partition coefficient (Wildman–Crippen LogP) is 2.81. The Morgan fingerprint density at radius 2 is 1.93 bits per heavy atom. The van der Waals surface area contributed by atoms with E-state index in [1.165, 1.54) is 19.2 Å². The molecule has 9 heteroatoms. The minimum Gasteiger partial charge on any atom is -0.478 e. The zero-order chi connectivity index (χ0) is 20.3. The van der Waals surface area contributed by atoms with Crippen LogP contribution in [0.15, 0.2) is 48.5 Å². The van der Waals surface area contributed by atoms with Gasteiger partial charge in [0.05, 0.1) is 24.8 Å². The van der Waals surface area contributed by atoms with Gasteiger partial charge in [0.25, 0.3) is 11.1 Å². The number of nitrogens with zero attached hydrogens (tertiary/aromatic N) is 1. The van der Waals surface area contributed by atoms with Crippen molar-refractivity contribution in [2.75, 3.05) is 12.4 Å². The van der Waals surface area contributed by atoms with Crippen molar-refractivity contribution in [2.45, 2.75) is 11.9 Å². The average Bonchev–Trinajstić information content (AvgIpc) is 2.95. The Morgan fingerprint density at radius 3 is 2.64 bits per heavy atom. The Bertz CT molecular complexity index is 961. The molecule has 2 N–H and O–H groups in total. The lowest BCUT2D eigenvalue weighted by Gasteiger charge is -2.16. The maximum atomic E-state index is 12.7. The molecule has 1 fully saturated rings. The fourth-order valence-corrected chi connectivity index (χ4v) is 3.61. The number of carboxylic acids is 1. The molecule has 0 radical (unpaired) electrons. The lowest BCUT2D eigenvalue weighted by Crippen LogP contribution is -2.34. The number of nitrogens with one attached hydrogen (secondary N) is 1. The van der Waals surface area contributed by atoms with E-state index in [-0.39, 0.29) is 17.8 Å². The van der Waals surface area contributed by atoms with Crippen molar-refractivity contribution in [1.29, 1.82) is 0 Å². The van der Waals surface area contributed by atoms with E-state index >= 15 is 0 Å². The SMILES string of the molecule is COC(=O)c1cccc(CN2C(=O)SC(Nc3ccccc3C(=O)O)C2=O)c1. The summed E-state index contributed by atoms with van der Waals surface area (Å²) in [5.41, 5.74) is 1.17. The molecule has 2 aromatic rings. The van der Waals surface area contributed by atoms with E-state index in [1.54, 1.807) is 36.4 Å². The van der Waals surface area contributed by atoms with Crippen LogP contribution >= 0.6 is 11.8 Å². The number of amides is 2. The first kappa shape index (κ1) is 19.4. The van der Waals surface area contributed by atoms with Crippen molar-refractivity contribution in [2.24, 2.45) is 0 Å². The number of aromatic carboxylic acids is 1. The molecule has 2 amide bonds. The molecule has 3 rings (SSSR count). The van der Waals surface area contributed by atoms with Gasteiger partial charge in [0.2, 0.25) is 0 Å². The van der Waals surface area contributed by atoms with Gasteiger partial charge in [-0.1, -0.05) is 24.3 Å². The number of thioether (sulfide) groups is 1. The molecule has 1 heterocycles. The zero-order valence-corrected chi connectivity index (χ0v) is 15.6.